The molecule has 27 heavy (non-hydrogen) atoms. The molecule has 0 amide bonds. The molecule has 0 heterocycles. The van der Waals surface area contributed by atoms with Crippen molar-refractivity contribution in [2.24, 2.45) is 17.8 Å². The van der Waals surface area contributed by atoms with E-state index in [9.17, 15) is 9.59 Å². The topological polar surface area (TPSA) is 43.4 Å². The second kappa shape index (κ2) is 9.05. The average Bonchev–Trinajstić information content (AvgIpc) is 2.95. The van der Waals surface area contributed by atoms with Crippen LogP contribution in [0.5, 0.6) is 0 Å². The molecule has 3 nitrogen and oxygen atoms in total. The van der Waals surface area contributed by atoms with Crippen molar-refractivity contribution in [3.05, 3.63) is 40.6 Å². The summed E-state index contributed by atoms with van der Waals surface area (Å²) >= 11 is 6.02. The second-order valence-electron chi connectivity index (χ2n) is 7.78. The van der Waals surface area contributed by atoms with Gasteiger partial charge in [0.25, 0.3) is 0 Å². The van der Waals surface area contributed by atoms with Crippen molar-refractivity contribution in [3.8, 4) is 0 Å². The first kappa shape index (κ1) is 20.1. The van der Waals surface area contributed by atoms with Crippen LogP contribution in [0.15, 0.2) is 30.0 Å². The summed E-state index contributed by atoms with van der Waals surface area (Å²) in [5, 5.41) is 0.631. The molecule has 3 rings (SSSR count). The van der Waals surface area contributed by atoms with E-state index in [-0.39, 0.29) is 29.5 Å². The minimum atomic E-state index is -0.175. The van der Waals surface area contributed by atoms with Gasteiger partial charge in [-0.3, -0.25) is 9.59 Å². The molecule has 0 radical (unpaired) electrons. The summed E-state index contributed by atoms with van der Waals surface area (Å²) < 4.78 is 5.99. The van der Waals surface area contributed by atoms with Crippen molar-refractivity contribution in [2.45, 2.75) is 65.2 Å². The van der Waals surface area contributed by atoms with E-state index in [1.807, 2.05) is 19.1 Å². The Balaban J connectivity index is 1.93. The molecular weight excluding hydrogens is 360 g/mol. The van der Waals surface area contributed by atoms with Crippen molar-refractivity contribution in [2.75, 3.05) is 0 Å². The normalized spacial score (nSPS) is 23.3. The Bertz CT molecular complexity index is 720. The van der Waals surface area contributed by atoms with Crippen LogP contribution in [-0.4, -0.2) is 11.8 Å². The summed E-state index contributed by atoms with van der Waals surface area (Å²) in [7, 11) is 0. The first-order valence-electron chi connectivity index (χ1n) is 10.3. The van der Waals surface area contributed by atoms with Gasteiger partial charge in [0.1, 0.15) is 5.76 Å². The number of Topliss-reactive ketones (excluding diaryl/α,β-unsaturated/α-hetero) is 1. The van der Waals surface area contributed by atoms with Crippen LogP contribution in [0.4, 0.5) is 0 Å². The highest BCUT2D eigenvalue weighted by Crippen LogP contribution is 2.47. The molecule has 2 aliphatic rings. The predicted octanol–water partition coefficient (Wildman–Crippen LogP) is 6.20. The van der Waals surface area contributed by atoms with Crippen LogP contribution in [0.2, 0.25) is 5.02 Å². The summed E-state index contributed by atoms with van der Waals surface area (Å²) in [6, 6.07) is 7.29. The number of benzene rings is 1. The third-order valence-corrected chi connectivity index (χ3v) is 6.26. The number of rotatable bonds is 7. The molecule has 146 valence electrons. The first-order chi connectivity index (χ1) is 13.1. The fraction of sp³-hybridized carbons (Fsp3) is 0.565. The number of fused-ring (bicyclic) bond motifs is 1. The quantitative estimate of drug-likeness (QED) is 0.522. The zero-order chi connectivity index (χ0) is 19.4. The lowest BCUT2D eigenvalue weighted by Gasteiger charge is -2.26. The van der Waals surface area contributed by atoms with Crippen LogP contribution in [0.25, 0.3) is 5.57 Å². The predicted molar refractivity (Wildman–Crippen MR) is 108 cm³/mol. The van der Waals surface area contributed by atoms with E-state index in [0.29, 0.717) is 16.4 Å². The van der Waals surface area contributed by atoms with E-state index in [1.165, 1.54) is 0 Å². The van der Waals surface area contributed by atoms with Gasteiger partial charge in [-0.15, -0.1) is 0 Å². The van der Waals surface area contributed by atoms with Crippen LogP contribution in [0.1, 0.15) is 70.8 Å². The number of carbonyl (C=O) groups is 2. The summed E-state index contributed by atoms with van der Waals surface area (Å²) in [5.74, 6) is 0.485. The Morgan fingerprint density at radius 1 is 1.15 bits per heavy atom. The average molecular weight is 389 g/mol. The van der Waals surface area contributed by atoms with Crippen LogP contribution in [-0.2, 0) is 14.3 Å². The number of ether oxygens (including phenoxy) is 1. The molecule has 3 unspecified atom stereocenters. The van der Waals surface area contributed by atoms with Crippen molar-refractivity contribution in [3.63, 3.8) is 0 Å². The van der Waals surface area contributed by atoms with Gasteiger partial charge in [-0.2, -0.15) is 0 Å². The number of carbonyl (C=O) groups excluding carboxylic acids is 2. The van der Waals surface area contributed by atoms with E-state index < -0.39 is 0 Å². The molecule has 1 aromatic rings. The number of unbranched alkanes of at least 4 members (excludes halogenated alkanes) is 1. The van der Waals surface area contributed by atoms with E-state index >= 15 is 0 Å². The molecule has 0 spiro atoms. The number of hydrogen-bond donors (Lipinski definition) is 0. The van der Waals surface area contributed by atoms with Gasteiger partial charge in [0.05, 0.1) is 11.5 Å². The van der Waals surface area contributed by atoms with E-state index in [4.69, 9.17) is 16.3 Å². The first-order valence-corrected chi connectivity index (χ1v) is 10.7. The molecule has 0 N–H and O–H groups in total. The molecule has 1 fully saturated rings. The summed E-state index contributed by atoms with van der Waals surface area (Å²) in [6.07, 6.45) is 7.64. The molecule has 0 bridgehead atoms. The molecule has 4 heteroatoms. The van der Waals surface area contributed by atoms with Gasteiger partial charge in [0.15, 0.2) is 5.78 Å². The lowest BCUT2D eigenvalue weighted by molar-refractivity contribution is -0.145. The van der Waals surface area contributed by atoms with Crippen molar-refractivity contribution in [1.82, 2.24) is 0 Å². The van der Waals surface area contributed by atoms with E-state index in [1.54, 1.807) is 12.1 Å². The van der Waals surface area contributed by atoms with Crippen molar-refractivity contribution < 1.29 is 14.3 Å². The maximum atomic E-state index is 13.1. The van der Waals surface area contributed by atoms with Crippen LogP contribution in [0, 0.1) is 17.8 Å². The number of ketones is 1. The minimum Gasteiger partial charge on any atom is -0.430 e. The highest BCUT2D eigenvalue weighted by atomic mass is 35.5. The molecule has 1 saturated carbocycles. The van der Waals surface area contributed by atoms with Gasteiger partial charge >= 0.3 is 5.97 Å². The summed E-state index contributed by atoms with van der Waals surface area (Å²) in [5.41, 5.74) is 1.41. The maximum Gasteiger partial charge on any atom is 0.314 e. The van der Waals surface area contributed by atoms with Crippen molar-refractivity contribution >= 4 is 28.9 Å². The van der Waals surface area contributed by atoms with E-state index in [2.05, 4.69) is 6.92 Å². The van der Waals surface area contributed by atoms with Gasteiger partial charge in [0.2, 0.25) is 0 Å². The minimum absolute atomic E-state index is 0.0389. The largest absolute Gasteiger partial charge is 0.430 e. The van der Waals surface area contributed by atoms with Gasteiger partial charge in [-0.1, -0.05) is 63.3 Å². The maximum absolute atomic E-state index is 13.1. The zero-order valence-corrected chi connectivity index (χ0v) is 17.1. The Morgan fingerprint density at radius 3 is 2.44 bits per heavy atom. The zero-order valence-electron chi connectivity index (χ0n) is 16.3. The van der Waals surface area contributed by atoms with Gasteiger partial charge in [-0.05, 0) is 43.4 Å². The molecule has 1 aromatic carbocycles. The SMILES string of the molecule is CCCCC(CC)C(=O)OC1=C(c2ccc(Cl)cc2)C(=O)C2CCCCC12. The second-order valence-corrected chi connectivity index (χ2v) is 8.21. The van der Waals surface area contributed by atoms with E-state index in [0.717, 1.165) is 56.9 Å². The molecule has 3 atom stereocenters. The third kappa shape index (κ3) is 4.29. The highest BCUT2D eigenvalue weighted by Gasteiger charge is 2.45. The Morgan fingerprint density at radius 2 is 1.81 bits per heavy atom. The van der Waals surface area contributed by atoms with Crippen LogP contribution in [0.3, 0.4) is 0 Å². The van der Waals surface area contributed by atoms with Gasteiger partial charge in [0, 0.05) is 16.9 Å². The van der Waals surface area contributed by atoms with Crippen LogP contribution >= 0.6 is 11.6 Å². The van der Waals surface area contributed by atoms with Gasteiger partial charge < -0.3 is 4.74 Å². The molecule has 2 aliphatic carbocycles. The highest BCUT2D eigenvalue weighted by molar-refractivity contribution is 6.31. The number of halogens is 1. The Kier molecular flexibility index (Phi) is 6.75. The molecular formula is C23H29ClO3. The Hall–Kier alpha value is -1.61. The molecule has 0 aromatic heterocycles. The number of allylic oxidation sites excluding steroid dienone is 2. The lowest BCUT2D eigenvalue weighted by Crippen LogP contribution is -2.24. The third-order valence-electron chi connectivity index (χ3n) is 6.01. The van der Waals surface area contributed by atoms with Crippen LogP contribution < -0.4 is 0 Å². The number of esters is 1. The number of hydrogen-bond acceptors (Lipinski definition) is 3. The fourth-order valence-electron chi connectivity index (χ4n) is 4.41. The standard InChI is InChI=1S/C23H29ClO3/c1-3-5-8-15(4-2)23(26)27-22-19-10-7-6-9-18(19)21(25)20(22)16-11-13-17(24)14-12-16/h11-15,18-19H,3-10H2,1-2H3. The lowest BCUT2D eigenvalue weighted by atomic mass is 9.80. The van der Waals surface area contributed by atoms with Gasteiger partial charge in [-0.25, -0.2) is 0 Å². The Labute approximate surface area is 167 Å². The molecule has 0 aliphatic heterocycles. The monoisotopic (exact) mass is 388 g/mol. The fourth-order valence-corrected chi connectivity index (χ4v) is 4.54. The smallest absolute Gasteiger partial charge is 0.314 e. The molecule has 0 saturated heterocycles. The summed E-state index contributed by atoms with van der Waals surface area (Å²) in [6.45, 7) is 4.15. The van der Waals surface area contributed by atoms with Crippen molar-refractivity contribution in [1.29, 1.82) is 0 Å². The summed E-state index contributed by atoms with van der Waals surface area (Å²) in [4.78, 5) is 26.0.